The van der Waals surface area contributed by atoms with E-state index in [-0.39, 0.29) is 5.56 Å². The molecule has 0 radical (unpaired) electrons. The van der Waals surface area contributed by atoms with Gasteiger partial charge in [-0.15, -0.1) is 0 Å². The second-order valence-electron chi connectivity index (χ2n) is 4.74. The standard InChI is InChI=1S/C16H17N3O3/c20-15(18-22)8-7-14-6-3-11-19(16(14)21)10-2-5-13-4-1-9-17-12-13/h1,3-4,6-9,11-12,22H,2,5,10H2,(H,18,20)/b8-7+. The number of hydrogen-bond donors (Lipinski definition) is 2. The summed E-state index contributed by atoms with van der Waals surface area (Å²) in [7, 11) is 0. The Morgan fingerprint density at radius 1 is 1.36 bits per heavy atom. The van der Waals surface area contributed by atoms with Crippen molar-refractivity contribution in [2.24, 2.45) is 0 Å². The van der Waals surface area contributed by atoms with Gasteiger partial charge in [0, 0.05) is 36.8 Å². The van der Waals surface area contributed by atoms with Gasteiger partial charge in [-0.1, -0.05) is 6.07 Å². The molecule has 0 aromatic carbocycles. The number of nitrogens with one attached hydrogen (secondary N) is 1. The first kappa shape index (κ1) is 15.7. The summed E-state index contributed by atoms with van der Waals surface area (Å²) >= 11 is 0. The van der Waals surface area contributed by atoms with Crippen molar-refractivity contribution < 1.29 is 10.0 Å². The van der Waals surface area contributed by atoms with Crippen LogP contribution in [0.15, 0.2) is 53.7 Å². The smallest absolute Gasteiger partial charge is 0.267 e. The highest BCUT2D eigenvalue weighted by atomic mass is 16.5. The molecule has 2 aromatic heterocycles. The second-order valence-corrected chi connectivity index (χ2v) is 4.74. The van der Waals surface area contributed by atoms with E-state index >= 15 is 0 Å². The fraction of sp³-hybridized carbons (Fsp3) is 0.188. The number of amides is 1. The predicted octanol–water partition coefficient (Wildman–Crippen LogP) is 1.39. The molecule has 114 valence electrons. The summed E-state index contributed by atoms with van der Waals surface area (Å²) in [4.78, 5) is 27.2. The highest BCUT2D eigenvalue weighted by Crippen LogP contribution is 2.02. The van der Waals surface area contributed by atoms with Gasteiger partial charge in [0.05, 0.1) is 0 Å². The van der Waals surface area contributed by atoms with E-state index in [0.29, 0.717) is 12.1 Å². The lowest BCUT2D eigenvalue weighted by Gasteiger charge is -2.06. The summed E-state index contributed by atoms with van der Waals surface area (Å²) in [5.41, 5.74) is 2.84. The molecule has 2 rings (SSSR count). The van der Waals surface area contributed by atoms with Crippen molar-refractivity contribution in [2.75, 3.05) is 0 Å². The van der Waals surface area contributed by atoms with Crippen molar-refractivity contribution in [1.29, 1.82) is 0 Å². The molecular weight excluding hydrogens is 282 g/mol. The first-order valence-corrected chi connectivity index (χ1v) is 6.91. The number of hydroxylamine groups is 1. The molecule has 2 aromatic rings. The summed E-state index contributed by atoms with van der Waals surface area (Å²) in [6.07, 6.45) is 9.40. The van der Waals surface area contributed by atoms with E-state index in [4.69, 9.17) is 5.21 Å². The van der Waals surface area contributed by atoms with Crippen LogP contribution in [0.3, 0.4) is 0 Å². The molecular formula is C16H17N3O3. The van der Waals surface area contributed by atoms with Crippen LogP contribution < -0.4 is 11.0 Å². The van der Waals surface area contributed by atoms with Gasteiger partial charge in [0.25, 0.3) is 11.5 Å². The maximum absolute atomic E-state index is 12.2. The predicted molar refractivity (Wildman–Crippen MR) is 82.2 cm³/mol. The van der Waals surface area contributed by atoms with Crippen molar-refractivity contribution >= 4 is 12.0 Å². The lowest BCUT2D eigenvalue weighted by molar-refractivity contribution is -0.124. The van der Waals surface area contributed by atoms with Gasteiger partial charge >= 0.3 is 0 Å². The van der Waals surface area contributed by atoms with E-state index in [2.05, 4.69) is 4.98 Å². The average molecular weight is 299 g/mol. The van der Waals surface area contributed by atoms with E-state index in [1.54, 1.807) is 29.1 Å². The van der Waals surface area contributed by atoms with Crippen LogP contribution in [-0.4, -0.2) is 20.7 Å². The van der Waals surface area contributed by atoms with Crippen LogP contribution in [0.1, 0.15) is 17.5 Å². The summed E-state index contributed by atoms with van der Waals surface area (Å²) in [5, 5.41) is 8.42. The molecule has 0 aliphatic carbocycles. The van der Waals surface area contributed by atoms with Crippen LogP contribution in [0.25, 0.3) is 6.08 Å². The van der Waals surface area contributed by atoms with Gasteiger partial charge < -0.3 is 4.57 Å². The van der Waals surface area contributed by atoms with Gasteiger partial charge in [-0.3, -0.25) is 19.8 Å². The molecule has 1 amide bonds. The highest BCUT2D eigenvalue weighted by molar-refractivity contribution is 5.90. The number of aromatic nitrogens is 2. The Morgan fingerprint density at radius 3 is 2.95 bits per heavy atom. The largest absolute Gasteiger partial charge is 0.315 e. The van der Waals surface area contributed by atoms with Crippen LogP contribution in [0.2, 0.25) is 0 Å². The minimum Gasteiger partial charge on any atom is -0.315 e. The van der Waals surface area contributed by atoms with E-state index in [9.17, 15) is 9.59 Å². The fourth-order valence-corrected chi connectivity index (χ4v) is 2.06. The number of hydrogen-bond acceptors (Lipinski definition) is 4. The van der Waals surface area contributed by atoms with E-state index in [1.807, 2.05) is 18.3 Å². The minimum atomic E-state index is -0.675. The van der Waals surface area contributed by atoms with Crippen molar-refractivity contribution in [1.82, 2.24) is 15.0 Å². The molecule has 0 aliphatic rings. The Morgan fingerprint density at radius 2 is 2.23 bits per heavy atom. The zero-order chi connectivity index (χ0) is 15.8. The summed E-state index contributed by atoms with van der Waals surface area (Å²) < 4.78 is 1.60. The molecule has 6 heteroatoms. The van der Waals surface area contributed by atoms with Gasteiger partial charge in [-0.2, -0.15) is 0 Å². The monoisotopic (exact) mass is 299 g/mol. The molecule has 22 heavy (non-hydrogen) atoms. The lowest BCUT2D eigenvalue weighted by atomic mass is 10.1. The Kier molecular flexibility index (Phi) is 5.62. The zero-order valence-electron chi connectivity index (χ0n) is 12.0. The maximum atomic E-state index is 12.2. The summed E-state index contributed by atoms with van der Waals surface area (Å²) in [6.45, 7) is 0.585. The normalized spacial score (nSPS) is 10.8. The summed E-state index contributed by atoms with van der Waals surface area (Å²) in [6, 6.07) is 7.27. The van der Waals surface area contributed by atoms with Crippen LogP contribution in [-0.2, 0) is 17.8 Å². The van der Waals surface area contributed by atoms with Gasteiger partial charge in [-0.05, 0) is 42.7 Å². The molecule has 0 saturated carbocycles. The van der Waals surface area contributed by atoms with Gasteiger partial charge in [0.1, 0.15) is 0 Å². The number of carbonyl (C=O) groups excluding carboxylic acids is 1. The van der Waals surface area contributed by atoms with Crippen LogP contribution >= 0.6 is 0 Å². The third-order valence-corrected chi connectivity index (χ3v) is 3.16. The summed E-state index contributed by atoms with van der Waals surface area (Å²) in [5.74, 6) is -0.675. The third-order valence-electron chi connectivity index (χ3n) is 3.16. The van der Waals surface area contributed by atoms with Crippen molar-refractivity contribution in [3.8, 4) is 0 Å². The Balaban J connectivity index is 2.01. The fourth-order valence-electron chi connectivity index (χ4n) is 2.06. The molecule has 2 heterocycles. The molecule has 2 N–H and O–H groups in total. The maximum Gasteiger partial charge on any atom is 0.267 e. The second kappa shape index (κ2) is 7.90. The molecule has 0 aliphatic heterocycles. The first-order chi connectivity index (χ1) is 10.7. The molecule has 6 nitrogen and oxygen atoms in total. The van der Waals surface area contributed by atoms with Crippen molar-refractivity contribution in [2.45, 2.75) is 19.4 Å². The lowest BCUT2D eigenvalue weighted by Crippen LogP contribution is -2.22. The topological polar surface area (TPSA) is 84.2 Å². The Bertz CT molecular complexity index is 708. The van der Waals surface area contributed by atoms with Crippen LogP contribution in [0.4, 0.5) is 0 Å². The van der Waals surface area contributed by atoms with E-state index in [1.165, 1.54) is 11.6 Å². The Hall–Kier alpha value is -2.73. The molecule has 0 bridgehead atoms. The molecule has 0 fully saturated rings. The number of pyridine rings is 2. The average Bonchev–Trinajstić information content (AvgIpc) is 2.56. The molecule has 0 unspecified atom stereocenters. The highest BCUT2D eigenvalue weighted by Gasteiger charge is 2.01. The molecule has 0 saturated heterocycles. The van der Waals surface area contributed by atoms with E-state index in [0.717, 1.165) is 24.5 Å². The van der Waals surface area contributed by atoms with Gasteiger partial charge in [-0.25, -0.2) is 5.48 Å². The van der Waals surface area contributed by atoms with Crippen LogP contribution in [0.5, 0.6) is 0 Å². The number of carbonyl (C=O) groups is 1. The number of aryl methyl sites for hydroxylation is 2. The van der Waals surface area contributed by atoms with Gasteiger partial charge in [0.2, 0.25) is 0 Å². The van der Waals surface area contributed by atoms with E-state index < -0.39 is 5.91 Å². The number of rotatable bonds is 6. The first-order valence-electron chi connectivity index (χ1n) is 6.91. The molecule has 0 atom stereocenters. The van der Waals surface area contributed by atoms with Gasteiger partial charge in [0.15, 0.2) is 0 Å². The quantitative estimate of drug-likeness (QED) is 0.479. The SMILES string of the molecule is O=C(/C=C/c1cccn(CCCc2cccnc2)c1=O)NO. The van der Waals surface area contributed by atoms with Crippen molar-refractivity contribution in [3.05, 3.63) is 70.4 Å². The number of nitrogens with zero attached hydrogens (tertiary/aromatic N) is 2. The minimum absolute atomic E-state index is 0.171. The zero-order valence-corrected chi connectivity index (χ0v) is 12.0. The van der Waals surface area contributed by atoms with Crippen LogP contribution in [0, 0.1) is 0 Å². The molecule has 0 spiro atoms. The third kappa shape index (κ3) is 4.39. The van der Waals surface area contributed by atoms with Crippen molar-refractivity contribution in [3.63, 3.8) is 0 Å². The Labute approximate surface area is 127 Å².